The Morgan fingerprint density at radius 1 is 1.11 bits per heavy atom. The molecule has 0 aliphatic carbocycles. The van der Waals surface area contributed by atoms with Crippen LogP contribution in [0.1, 0.15) is 19.2 Å². The van der Waals surface area contributed by atoms with Crippen LogP contribution in [-0.2, 0) is 13.5 Å². The van der Waals surface area contributed by atoms with E-state index in [4.69, 9.17) is 16.6 Å². The van der Waals surface area contributed by atoms with Crippen molar-refractivity contribution in [2.75, 3.05) is 6.61 Å². The monoisotopic (exact) mass is 395 g/mol. The molecule has 0 spiro atoms. The van der Waals surface area contributed by atoms with Crippen LogP contribution < -0.4 is 0 Å². The summed E-state index contributed by atoms with van der Waals surface area (Å²) in [5.74, 6) is 1.20. The number of imidazole rings is 1. The van der Waals surface area contributed by atoms with Crippen molar-refractivity contribution in [1.29, 1.82) is 0 Å². The molecule has 1 N–H and O–H groups in total. The van der Waals surface area contributed by atoms with Crippen LogP contribution in [0.4, 0.5) is 0 Å². The number of benzene rings is 1. The van der Waals surface area contributed by atoms with Gasteiger partial charge in [-0.2, -0.15) is 5.10 Å². The molecule has 0 saturated heterocycles. The Morgan fingerprint density at radius 2 is 1.89 bits per heavy atom. The van der Waals surface area contributed by atoms with Gasteiger partial charge in [-0.05, 0) is 24.5 Å². The highest BCUT2D eigenvalue weighted by Crippen LogP contribution is 2.28. The third-order valence-corrected chi connectivity index (χ3v) is 5.14. The normalized spacial score (nSPS) is 12.6. The fourth-order valence-electron chi connectivity index (χ4n) is 3.21. The number of rotatable bonds is 6. The maximum Gasteiger partial charge on any atom is 0.113 e. The average molecular weight is 396 g/mol. The van der Waals surface area contributed by atoms with Crippen molar-refractivity contribution in [2.24, 2.45) is 13.0 Å². The summed E-state index contributed by atoms with van der Waals surface area (Å²) in [4.78, 5) is 9.55. The van der Waals surface area contributed by atoms with Gasteiger partial charge in [-0.1, -0.05) is 30.7 Å². The van der Waals surface area contributed by atoms with Crippen molar-refractivity contribution in [2.45, 2.75) is 19.8 Å². The van der Waals surface area contributed by atoms with E-state index < -0.39 is 0 Å². The van der Waals surface area contributed by atoms with Gasteiger partial charge in [0.05, 0.1) is 29.3 Å². The molecule has 144 valence electrons. The van der Waals surface area contributed by atoms with Gasteiger partial charge in [-0.25, -0.2) is 9.97 Å². The summed E-state index contributed by atoms with van der Waals surface area (Å²) in [6.07, 6.45) is 9.30. The number of aliphatic hydroxyl groups is 1. The summed E-state index contributed by atoms with van der Waals surface area (Å²) < 4.78 is 3.87. The zero-order chi connectivity index (χ0) is 19.7. The summed E-state index contributed by atoms with van der Waals surface area (Å²) >= 11 is 6.05. The molecule has 28 heavy (non-hydrogen) atoms. The fraction of sp³-hybridized carbons (Fsp3) is 0.286. The number of hydrogen-bond acceptors (Lipinski definition) is 4. The number of aliphatic hydroxyl groups excluding tert-OH is 1. The maximum atomic E-state index is 9.33. The molecule has 1 aromatic carbocycles. The van der Waals surface area contributed by atoms with Gasteiger partial charge in [0.1, 0.15) is 5.82 Å². The summed E-state index contributed by atoms with van der Waals surface area (Å²) in [5.41, 5.74) is 4.56. The van der Waals surface area contributed by atoms with Gasteiger partial charge in [-0.3, -0.25) is 9.08 Å². The van der Waals surface area contributed by atoms with Crippen LogP contribution >= 0.6 is 11.6 Å². The van der Waals surface area contributed by atoms with Gasteiger partial charge < -0.3 is 5.11 Å². The third kappa shape index (κ3) is 3.66. The topological polar surface area (TPSA) is 68.2 Å². The molecule has 0 amide bonds. The predicted molar refractivity (Wildman–Crippen MR) is 110 cm³/mol. The van der Waals surface area contributed by atoms with E-state index in [1.54, 1.807) is 4.68 Å². The lowest BCUT2D eigenvalue weighted by atomic mass is 10.1. The molecule has 0 aliphatic heterocycles. The van der Waals surface area contributed by atoms with Crippen LogP contribution in [0.2, 0.25) is 5.02 Å². The Labute approximate surface area is 168 Å². The van der Waals surface area contributed by atoms with Crippen LogP contribution in [0.25, 0.3) is 28.0 Å². The van der Waals surface area contributed by atoms with E-state index >= 15 is 0 Å². The first-order valence-corrected chi connectivity index (χ1v) is 9.65. The predicted octanol–water partition coefficient (Wildman–Crippen LogP) is 4.01. The van der Waals surface area contributed by atoms with E-state index in [2.05, 4.69) is 14.5 Å². The quantitative estimate of drug-likeness (QED) is 0.535. The van der Waals surface area contributed by atoms with Crippen LogP contribution in [0.3, 0.4) is 0 Å². The van der Waals surface area contributed by atoms with E-state index in [0.717, 1.165) is 46.7 Å². The van der Waals surface area contributed by atoms with Gasteiger partial charge in [0, 0.05) is 48.6 Å². The summed E-state index contributed by atoms with van der Waals surface area (Å²) in [6, 6.07) is 7.66. The molecule has 4 aromatic rings. The summed E-state index contributed by atoms with van der Waals surface area (Å²) in [7, 11) is 1.89. The largest absolute Gasteiger partial charge is 0.396 e. The van der Waals surface area contributed by atoms with Crippen LogP contribution in [0.15, 0.2) is 49.1 Å². The standard InChI is InChI=1S/C21H22ClN5O/c1-14(13-28)3-8-20-23-10-19-21(16-9-24-26(2)11-16)25-18(12-27(19)20)15-4-6-17(22)7-5-15/h4-7,9-12,14,28H,3,8,13H2,1-2H3/t14-/m1/s1. The highest BCUT2D eigenvalue weighted by atomic mass is 35.5. The Hall–Kier alpha value is -2.70. The molecular weight excluding hydrogens is 374 g/mol. The van der Waals surface area contributed by atoms with Crippen LogP contribution in [0.5, 0.6) is 0 Å². The minimum Gasteiger partial charge on any atom is -0.396 e. The second kappa shape index (κ2) is 7.73. The maximum absolute atomic E-state index is 9.33. The molecule has 0 radical (unpaired) electrons. The van der Waals surface area contributed by atoms with Crippen molar-refractivity contribution in [3.8, 4) is 22.5 Å². The number of nitrogens with zero attached hydrogens (tertiary/aromatic N) is 5. The Balaban J connectivity index is 1.86. The zero-order valence-corrected chi connectivity index (χ0v) is 16.6. The number of aryl methyl sites for hydroxylation is 2. The van der Waals surface area contributed by atoms with Gasteiger partial charge in [-0.15, -0.1) is 0 Å². The van der Waals surface area contributed by atoms with Crippen molar-refractivity contribution >= 4 is 17.1 Å². The highest BCUT2D eigenvalue weighted by molar-refractivity contribution is 6.30. The smallest absolute Gasteiger partial charge is 0.113 e. The van der Waals surface area contributed by atoms with Gasteiger partial charge in [0.25, 0.3) is 0 Å². The van der Waals surface area contributed by atoms with Crippen molar-refractivity contribution in [3.05, 3.63) is 59.9 Å². The minimum absolute atomic E-state index is 0.182. The first kappa shape index (κ1) is 18.7. The second-order valence-corrected chi connectivity index (χ2v) is 7.58. The van der Waals surface area contributed by atoms with E-state index in [-0.39, 0.29) is 12.5 Å². The minimum atomic E-state index is 0.182. The van der Waals surface area contributed by atoms with E-state index in [1.165, 1.54) is 0 Å². The van der Waals surface area contributed by atoms with E-state index in [0.29, 0.717) is 5.02 Å². The van der Waals surface area contributed by atoms with Crippen LogP contribution in [0, 0.1) is 5.92 Å². The molecule has 7 heteroatoms. The molecule has 1 atom stereocenters. The Kier molecular flexibility index (Phi) is 5.15. The number of aromatic nitrogens is 5. The Bertz CT molecular complexity index is 1100. The fourth-order valence-corrected chi connectivity index (χ4v) is 3.34. The molecule has 0 bridgehead atoms. The molecule has 4 rings (SSSR count). The lowest BCUT2D eigenvalue weighted by molar-refractivity contribution is 0.230. The molecule has 0 saturated carbocycles. The number of halogens is 1. The molecule has 3 heterocycles. The van der Waals surface area contributed by atoms with Crippen molar-refractivity contribution in [3.63, 3.8) is 0 Å². The van der Waals surface area contributed by atoms with Gasteiger partial charge >= 0.3 is 0 Å². The second-order valence-electron chi connectivity index (χ2n) is 7.14. The molecule has 0 unspecified atom stereocenters. The lowest BCUT2D eigenvalue weighted by Crippen LogP contribution is -2.05. The number of hydrogen-bond donors (Lipinski definition) is 1. The van der Waals surface area contributed by atoms with Gasteiger partial charge in [0.2, 0.25) is 0 Å². The first-order chi connectivity index (χ1) is 13.5. The molecule has 0 aliphatic rings. The number of fused-ring (bicyclic) bond motifs is 1. The third-order valence-electron chi connectivity index (χ3n) is 4.89. The summed E-state index contributed by atoms with van der Waals surface area (Å²) in [6.45, 7) is 2.22. The zero-order valence-electron chi connectivity index (χ0n) is 15.9. The van der Waals surface area contributed by atoms with Crippen LogP contribution in [-0.4, -0.2) is 35.9 Å². The van der Waals surface area contributed by atoms with E-state index in [1.807, 2.05) is 63.0 Å². The highest BCUT2D eigenvalue weighted by Gasteiger charge is 2.15. The molecule has 6 nitrogen and oxygen atoms in total. The molecule has 3 aromatic heterocycles. The van der Waals surface area contributed by atoms with Crippen molar-refractivity contribution < 1.29 is 5.11 Å². The SMILES string of the molecule is C[C@@H](CO)CCc1ncc2c(-c3cnn(C)c3)nc(-c3ccc(Cl)cc3)cn12. The average Bonchev–Trinajstić information content (AvgIpc) is 3.32. The molecule has 0 fully saturated rings. The van der Waals surface area contributed by atoms with Crippen molar-refractivity contribution in [1.82, 2.24) is 24.1 Å². The van der Waals surface area contributed by atoms with Gasteiger partial charge in [0.15, 0.2) is 0 Å². The van der Waals surface area contributed by atoms with E-state index in [9.17, 15) is 5.11 Å². The first-order valence-electron chi connectivity index (χ1n) is 9.28. The lowest BCUT2D eigenvalue weighted by Gasteiger charge is -2.10. The Morgan fingerprint density at radius 3 is 2.57 bits per heavy atom. The summed E-state index contributed by atoms with van der Waals surface area (Å²) in [5, 5.41) is 14.3. The molecular formula is C21H22ClN5O.